The number of fused-ring (bicyclic) bond motifs is 1. The summed E-state index contributed by atoms with van der Waals surface area (Å²) in [6.45, 7) is 0. The Morgan fingerprint density at radius 1 is 0.905 bits per heavy atom. The third-order valence-electron chi connectivity index (χ3n) is 3.48. The topological polar surface area (TPSA) is 26.3 Å². The lowest BCUT2D eigenvalue weighted by molar-refractivity contribution is 0.0603. The van der Waals surface area contributed by atoms with Crippen LogP contribution in [0.4, 0.5) is 0 Å². The summed E-state index contributed by atoms with van der Waals surface area (Å²) in [5.41, 5.74) is 2.70. The van der Waals surface area contributed by atoms with Crippen LogP contribution in [-0.2, 0) is 4.74 Å². The molecule has 0 aliphatic rings. The van der Waals surface area contributed by atoms with Gasteiger partial charge in [0, 0.05) is 5.02 Å². The molecule has 2 nitrogen and oxygen atoms in total. The zero-order chi connectivity index (χ0) is 14.8. The van der Waals surface area contributed by atoms with Crippen molar-refractivity contribution in [3.05, 3.63) is 71.2 Å². The number of ether oxygens (including phenoxy) is 1. The van der Waals surface area contributed by atoms with Crippen LogP contribution in [0.2, 0.25) is 5.02 Å². The second-order valence-electron chi connectivity index (χ2n) is 4.70. The normalized spacial score (nSPS) is 10.6. The molecule has 104 valence electrons. The van der Waals surface area contributed by atoms with Crippen molar-refractivity contribution in [2.24, 2.45) is 0 Å². The van der Waals surface area contributed by atoms with Crippen LogP contribution in [0.25, 0.3) is 21.9 Å². The third kappa shape index (κ3) is 2.50. The van der Waals surface area contributed by atoms with Crippen LogP contribution >= 0.6 is 11.6 Å². The van der Waals surface area contributed by atoms with E-state index in [1.807, 2.05) is 54.6 Å². The molecule has 0 spiro atoms. The van der Waals surface area contributed by atoms with Gasteiger partial charge in [-0.3, -0.25) is 0 Å². The number of hydrogen-bond acceptors (Lipinski definition) is 2. The number of carbonyl (C=O) groups is 1. The molecule has 3 aromatic rings. The van der Waals surface area contributed by atoms with E-state index >= 15 is 0 Å². The first kappa shape index (κ1) is 13.7. The van der Waals surface area contributed by atoms with Crippen molar-refractivity contribution >= 4 is 28.3 Å². The van der Waals surface area contributed by atoms with Gasteiger partial charge in [-0.1, -0.05) is 54.1 Å². The summed E-state index contributed by atoms with van der Waals surface area (Å²) in [7, 11) is 1.39. The minimum absolute atomic E-state index is 0.325. The predicted octanol–water partition coefficient (Wildman–Crippen LogP) is 4.95. The third-order valence-corrected chi connectivity index (χ3v) is 3.74. The molecule has 0 heterocycles. The van der Waals surface area contributed by atoms with E-state index in [1.165, 1.54) is 7.11 Å². The number of methoxy groups -OCH3 is 1. The van der Waals surface area contributed by atoms with Gasteiger partial charge in [0.15, 0.2) is 0 Å². The Balaban J connectivity index is 2.26. The number of hydrogen-bond donors (Lipinski definition) is 0. The van der Waals surface area contributed by atoms with Gasteiger partial charge in [0.2, 0.25) is 0 Å². The lowest BCUT2D eigenvalue weighted by Crippen LogP contribution is -2.02. The average Bonchev–Trinajstić information content (AvgIpc) is 2.54. The van der Waals surface area contributed by atoms with E-state index in [4.69, 9.17) is 16.3 Å². The second kappa shape index (κ2) is 5.58. The predicted molar refractivity (Wildman–Crippen MR) is 85.7 cm³/mol. The lowest BCUT2D eigenvalue weighted by Gasteiger charge is -2.10. The lowest BCUT2D eigenvalue weighted by atomic mass is 9.95. The Hall–Kier alpha value is -2.32. The molecule has 0 bridgehead atoms. The molecule has 0 radical (unpaired) electrons. The van der Waals surface area contributed by atoms with Gasteiger partial charge in [-0.25, -0.2) is 4.79 Å². The van der Waals surface area contributed by atoms with Crippen molar-refractivity contribution in [2.75, 3.05) is 7.11 Å². The zero-order valence-electron chi connectivity index (χ0n) is 11.5. The van der Waals surface area contributed by atoms with Crippen LogP contribution in [0.5, 0.6) is 0 Å². The van der Waals surface area contributed by atoms with Crippen LogP contribution in [0.15, 0.2) is 60.7 Å². The first-order chi connectivity index (χ1) is 10.2. The zero-order valence-corrected chi connectivity index (χ0v) is 12.2. The van der Waals surface area contributed by atoms with Crippen molar-refractivity contribution in [2.45, 2.75) is 0 Å². The van der Waals surface area contributed by atoms with E-state index in [-0.39, 0.29) is 5.97 Å². The molecular weight excluding hydrogens is 284 g/mol. The van der Waals surface area contributed by atoms with Crippen LogP contribution in [-0.4, -0.2) is 13.1 Å². The van der Waals surface area contributed by atoms with E-state index in [1.54, 1.807) is 6.07 Å². The molecule has 0 N–H and O–H groups in total. The molecule has 0 saturated carbocycles. The largest absolute Gasteiger partial charge is 0.465 e. The minimum Gasteiger partial charge on any atom is -0.465 e. The van der Waals surface area contributed by atoms with Gasteiger partial charge in [0.25, 0.3) is 0 Å². The maximum Gasteiger partial charge on any atom is 0.338 e. The molecule has 3 rings (SSSR count). The summed E-state index contributed by atoms with van der Waals surface area (Å²) in [6.07, 6.45) is 0. The summed E-state index contributed by atoms with van der Waals surface area (Å²) in [5.74, 6) is -0.325. The van der Waals surface area contributed by atoms with Crippen molar-refractivity contribution in [3.8, 4) is 11.1 Å². The first-order valence-electron chi connectivity index (χ1n) is 6.56. The Labute approximate surface area is 127 Å². The molecule has 0 unspecified atom stereocenters. The van der Waals surface area contributed by atoms with E-state index in [9.17, 15) is 4.79 Å². The summed E-state index contributed by atoms with van der Waals surface area (Å²) >= 11 is 5.94. The summed E-state index contributed by atoms with van der Waals surface area (Å²) < 4.78 is 4.85. The first-order valence-corrected chi connectivity index (χ1v) is 6.94. The van der Waals surface area contributed by atoms with Gasteiger partial charge in [0.1, 0.15) is 0 Å². The van der Waals surface area contributed by atoms with Crippen molar-refractivity contribution < 1.29 is 9.53 Å². The van der Waals surface area contributed by atoms with Gasteiger partial charge in [-0.05, 0) is 40.1 Å². The smallest absolute Gasteiger partial charge is 0.338 e. The second-order valence-corrected chi connectivity index (χ2v) is 5.14. The number of carbonyl (C=O) groups excluding carboxylic acids is 1. The van der Waals surface area contributed by atoms with Gasteiger partial charge in [0.05, 0.1) is 12.7 Å². The quantitative estimate of drug-likeness (QED) is 0.626. The highest BCUT2D eigenvalue weighted by Gasteiger charge is 2.13. The molecule has 0 fully saturated rings. The molecule has 0 atom stereocenters. The van der Waals surface area contributed by atoms with Crippen molar-refractivity contribution in [3.63, 3.8) is 0 Å². The van der Waals surface area contributed by atoms with E-state index < -0.39 is 0 Å². The summed E-state index contributed by atoms with van der Waals surface area (Å²) in [5, 5.41) is 2.61. The SMILES string of the molecule is COC(=O)c1ccc(-c2ccc(Cl)cc2)c2ccccc12. The maximum absolute atomic E-state index is 11.9. The average molecular weight is 297 g/mol. The fourth-order valence-corrected chi connectivity index (χ4v) is 2.59. The summed E-state index contributed by atoms with van der Waals surface area (Å²) in [4.78, 5) is 11.9. The molecule has 0 aliphatic carbocycles. The Morgan fingerprint density at radius 3 is 2.24 bits per heavy atom. The van der Waals surface area contributed by atoms with Gasteiger partial charge in [-0.2, -0.15) is 0 Å². The molecule has 0 amide bonds. The molecule has 3 aromatic carbocycles. The van der Waals surface area contributed by atoms with Gasteiger partial charge < -0.3 is 4.74 Å². The highest BCUT2D eigenvalue weighted by molar-refractivity contribution is 6.30. The number of rotatable bonds is 2. The fourth-order valence-electron chi connectivity index (χ4n) is 2.47. The van der Waals surface area contributed by atoms with Crippen LogP contribution in [0.3, 0.4) is 0 Å². The highest BCUT2D eigenvalue weighted by Crippen LogP contribution is 2.31. The van der Waals surface area contributed by atoms with Crippen molar-refractivity contribution in [1.82, 2.24) is 0 Å². The number of benzene rings is 3. The number of esters is 1. The fraction of sp³-hybridized carbons (Fsp3) is 0.0556. The molecule has 0 saturated heterocycles. The highest BCUT2D eigenvalue weighted by atomic mass is 35.5. The van der Waals surface area contributed by atoms with Gasteiger partial charge >= 0.3 is 5.97 Å². The van der Waals surface area contributed by atoms with Crippen LogP contribution in [0, 0.1) is 0 Å². The van der Waals surface area contributed by atoms with Gasteiger partial charge in [-0.15, -0.1) is 0 Å². The maximum atomic E-state index is 11.9. The van der Waals surface area contributed by atoms with Crippen molar-refractivity contribution in [1.29, 1.82) is 0 Å². The standard InChI is InChI=1S/C18H13ClO2/c1-21-18(20)17-11-10-14(12-6-8-13(19)9-7-12)15-4-2-3-5-16(15)17/h2-11H,1H3. The van der Waals surface area contributed by atoms with Crippen LogP contribution in [0.1, 0.15) is 10.4 Å². The molecule has 3 heteroatoms. The molecule has 0 aliphatic heterocycles. The van der Waals surface area contributed by atoms with Crippen LogP contribution < -0.4 is 0 Å². The summed E-state index contributed by atoms with van der Waals surface area (Å²) in [6, 6.07) is 19.2. The van der Waals surface area contributed by atoms with E-state index in [0.29, 0.717) is 10.6 Å². The molecular formula is C18H13ClO2. The van der Waals surface area contributed by atoms with E-state index in [0.717, 1.165) is 21.9 Å². The van der Waals surface area contributed by atoms with E-state index in [2.05, 4.69) is 0 Å². The monoisotopic (exact) mass is 296 g/mol. The minimum atomic E-state index is -0.325. The Morgan fingerprint density at radius 2 is 1.57 bits per heavy atom. The Kier molecular flexibility index (Phi) is 3.63. The number of halogens is 1. The molecule has 0 aromatic heterocycles. The Bertz CT molecular complexity index is 807. The molecule has 21 heavy (non-hydrogen) atoms.